The Morgan fingerprint density at radius 1 is 1.05 bits per heavy atom. The summed E-state index contributed by atoms with van der Waals surface area (Å²) in [6.07, 6.45) is 0.582. The molecular formula is C17H20F2N2. The van der Waals surface area contributed by atoms with Gasteiger partial charge in [0, 0.05) is 11.5 Å². The van der Waals surface area contributed by atoms with Gasteiger partial charge < -0.3 is 0 Å². The summed E-state index contributed by atoms with van der Waals surface area (Å²) in [5.41, 5.74) is 4.33. The van der Waals surface area contributed by atoms with Crippen molar-refractivity contribution < 1.29 is 8.78 Å². The summed E-state index contributed by atoms with van der Waals surface area (Å²) < 4.78 is 26.4. The molecule has 0 aromatic heterocycles. The van der Waals surface area contributed by atoms with Crippen molar-refractivity contribution in [2.24, 2.45) is 5.84 Å². The van der Waals surface area contributed by atoms with E-state index in [2.05, 4.69) is 5.43 Å². The number of rotatable bonds is 5. The summed E-state index contributed by atoms with van der Waals surface area (Å²) in [5, 5.41) is 0. The average molecular weight is 290 g/mol. The van der Waals surface area contributed by atoms with E-state index in [-0.39, 0.29) is 23.1 Å². The number of hydrogen-bond donors (Lipinski definition) is 2. The molecule has 0 spiro atoms. The zero-order valence-corrected chi connectivity index (χ0v) is 12.2. The molecule has 0 saturated heterocycles. The molecule has 0 aliphatic carbocycles. The van der Waals surface area contributed by atoms with Gasteiger partial charge >= 0.3 is 0 Å². The predicted molar refractivity (Wildman–Crippen MR) is 80.6 cm³/mol. The van der Waals surface area contributed by atoms with Crippen molar-refractivity contribution in [2.75, 3.05) is 0 Å². The molecule has 1 unspecified atom stereocenters. The van der Waals surface area contributed by atoms with Crippen molar-refractivity contribution in [2.45, 2.75) is 31.7 Å². The van der Waals surface area contributed by atoms with E-state index in [1.165, 1.54) is 24.3 Å². The topological polar surface area (TPSA) is 38.0 Å². The Balaban J connectivity index is 2.24. The van der Waals surface area contributed by atoms with Gasteiger partial charge in [-0.1, -0.05) is 38.1 Å². The molecule has 2 aromatic carbocycles. The van der Waals surface area contributed by atoms with Gasteiger partial charge in [0.15, 0.2) is 0 Å². The highest BCUT2D eigenvalue weighted by molar-refractivity contribution is 5.28. The van der Waals surface area contributed by atoms with Crippen LogP contribution in [0.4, 0.5) is 8.78 Å². The van der Waals surface area contributed by atoms with Crippen molar-refractivity contribution in [3.8, 4) is 0 Å². The first-order valence-electron chi connectivity index (χ1n) is 6.90. The fourth-order valence-electron chi connectivity index (χ4n) is 2.50. The smallest absolute Gasteiger partial charge is 0.123 e. The normalized spacial score (nSPS) is 13.2. The Kier molecular flexibility index (Phi) is 4.70. The number of hydrogen-bond acceptors (Lipinski definition) is 2. The number of nitrogens with two attached hydrogens (primary N) is 1. The Labute approximate surface area is 124 Å². The van der Waals surface area contributed by atoms with E-state index in [4.69, 9.17) is 5.84 Å². The van der Waals surface area contributed by atoms with Crippen molar-refractivity contribution in [3.05, 3.63) is 71.3 Å². The highest BCUT2D eigenvalue weighted by atomic mass is 19.1. The van der Waals surface area contributed by atoms with Crippen molar-refractivity contribution in [3.63, 3.8) is 0 Å². The fraction of sp³-hybridized carbons (Fsp3) is 0.294. The van der Waals surface area contributed by atoms with Crippen LogP contribution >= 0.6 is 0 Å². The molecule has 21 heavy (non-hydrogen) atoms. The summed E-state index contributed by atoms with van der Waals surface area (Å²) >= 11 is 0. The van der Waals surface area contributed by atoms with Crippen LogP contribution < -0.4 is 11.3 Å². The highest BCUT2D eigenvalue weighted by Gasteiger charge is 2.30. The third kappa shape index (κ3) is 3.65. The first-order valence-corrected chi connectivity index (χ1v) is 6.90. The van der Waals surface area contributed by atoms with Crippen LogP contribution in [0, 0.1) is 11.6 Å². The minimum Gasteiger partial charge on any atom is -0.271 e. The Morgan fingerprint density at radius 2 is 1.71 bits per heavy atom. The zero-order valence-electron chi connectivity index (χ0n) is 12.2. The Bertz CT molecular complexity index is 594. The molecule has 1 atom stereocenters. The van der Waals surface area contributed by atoms with Crippen LogP contribution in [0.3, 0.4) is 0 Å². The first kappa shape index (κ1) is 15.6. The number of benzene rings is 2. The highest BCUT2D eigenvalue weighted by Crippen LogP contribution is 2.29. The molecular weight excluding hydrogens is 270 g/mol. The molecule has 4 heteroatoms. The quantitative estimate of drug-likeness (QED) is 0.655. The molecule has 2 rings (SSSR count). The minimum absolute atomic E-state index is 0.107. The molecule has 0 aliphatic rings. The van der Waals surface area contributed by atoms with Gasteiger partial charge in [0.25, 0.3) is 0 Å². The SMILES string of the molecule is CC(C)(c1ccc(F)cc1)C(Cc1cccc(F)c1)NN. The lowest BCUT2D eigenvalue weighted by molar-refractivity contribution is 0.341. The van der Waals surface area contributed by atoms with Gasteiger partial charge in [-0.2, -0.15) is 0 Å². The molecule has 2 aromatic rings. The molecule has 0 radical (unpaired) electrons. The van der Waals surface area contributed by atoms with Crippen LogP contribution in [0.15, 0.2) is 48.5 Å². The summed E-state index contributed by atoms with van der Waals surface area (Å²) in [7, 11) is 0. The van der Waals surface area contributed by atoms with E-state index >= 15 is 0 Å². The van der Waals surface area contributed by atoms with Crippen LogP contribution in [0.1, 0.15) is 25.0 Å². The number of halogens is 2. The molecule has 3 N–H and O–H groups in total. The molecule has 0 aliphatic heterocycles. The molecule has 112 valence electrons. The maximum atomic E-state index is 13.3. The summed E-state index contributed by atoms with van der Waals surface area (Å²) in [6, 6.07) is 12.8. The molecule has 0 bridgehead atoms. The van der Waals surface area contributed by atoms with E-state index in [0.717, 1.165) is 11.1 Å². The maximum absolute atomic E-state index is 13.3. The first-order chi connectivity index (χ1) is 9.93. The van der Waals surface area contributed by atoms with Gasteiger partial charge in [0.2, 0.25) is 0 Å². The second-order valence-corrected chi connectivity index (χ2v) is 5.78. The monoisotopic (exact) mass is 290 g/mol. The van der Waals surface area contributed by atoms with E-state index in [0.29, 0.717) is 6.42 Å². The van der Waals surface area contributed by atoms with Gasteiger partial charge in [-0.05, 0) is 41.8 Å². The van der Waals surface area contributed by atoms with E-state index in [9.17, 15) is 8.78 Å². The van der Waals surface area contributed by atoms with Gasteiger partial charge in [-0.3, -0.25) is 11.3 Å². The lowest BCUT2D eigenvalue weighted by Gasteiger charge is -2.34. The Hall–Kier alpha value is -1.78. The standard InChI is InChI=1S/C17H20F2N2/c1-17(2,13-6-8-14(18)9-7-13)16(21-20)11-12-4-3-5-15(19)10-12/h3-10,16,21H,11,20H2,1-2H3. The lowest BCUT2D eigenvalue weighted by atomic mass is 9.75. The predicted octanol–water partition coefficient (Wildman–Crippen LogP) is 3.32. The summed E-state index contributed by atoms with van der Waals surface area (Å²) in [6.45, 7) is 4.06. The van der Waals surface area contributed by atoms with Gasteiger partial charge in [-0.25, -0.2) is 8.78 Å². The lowest BCUT2D eigenvalue weighted by Crippen LogP contribution is -2.49. The van der Waals surface area contributed by atoms with E-state index in [1.54, 1.807) is 18.2 Å². The minimum atomic E-state index is -0.325. The number of nitrogens with one attached hydrogen (secondary N) is 1. The zero-order chi connectivity index (χ0) is 15.5. The fourth-order valence-corrected chi connectivity index (χ4v) is 2.50. The van der Waals surface area contributed by atoms with Crippen LogP contribution in [0.2, 0.25) is 0 Å². The second-order valence-electron chi connectivity index (χ2n) is 5.78. The average Bonchev–Trinajstić information content (AvgIpc) is 2.45. The second kappa shape index (κ2) is 6.33. The molecule has 0 amide bonds. The maximum Gasteiger partial charge on any atom is 0.123 e. The van der Waals surface area contributed by atoms with Crippen LogP contribution in [0.25, 0.3) is 0 Å². The van der Waals surface area contributed by atoms with Gasteiger partial charge in [0.1, 0.15) is 11.6 Å². The molecule has 0 fully saturated rings. The van der Waals surface area contributed by atoms with Gasteiger partial charge in [0.05, 0.1) is 0 Å². The van der Waals surface area contributed by atoms with Crippen molar-refractivity contribution >= 4 is 0 Å². The van der Waals surface area contributed by atoms with Crippen LogP contribution in [-0.2, 0) is 11.8 Å². The third-order valence-electron chi connectivity index (χ3n) is 3.99. The summed E-state index contributed by atoms with van der Waals surface area (Å²) in [5.74, 6) is 5.17. The van der Waals surface area contributed by atoms with E-state index in [1.807, 2.05) is 19.9 Å². The Morgan fingerprint density at radius 3 is 2.29 bits per heavy atom. The van der Waals surface area contributed by atoms with Crippen LogP contribution in [0.5, 0.6) is 0 Å². The summed E-state index contributed by atoms with van der Waals surface area (Å²) in [4.78, 5) is 0. The van der Waals surface area contributed by atoms with Crippen molar-refractivity contribution in [1.82, 2.24) is 5.43 Å². The van der Waals surface area contributed by atoms with Crippen LogP contribution in [-0.4, -0.2) is 6.04 Å². The van der Waals surface area contributed by atoms with Gasteiger partial charge in [-0.15, -0.1) is 0 Å². The number of hydrazine groups is 1. The van der Waals surface area contributed by atoms with E-state index < -0.39 is 0 Å². The molecule has 2 nitrogen and oxygen atoms in total. The van der Waals surface area contributed by atoms with Crippen molar-refractivity contribution in [1.29, 1.82) is 0 Å². The largest absolute Gasteiger partial charge is 0.271 e. The molecule has 0 heterocycles. The molecule has 0 saturated carbocycles. The third-order valence-corrected chi connectivity index (χ3v) is 3.99.